The van der Waals surface area contributed by atoms with Crippen LogP contribution in [-0.2, 0) is 39.7 Å². The number of aliphatic hydroxyl groups is 2. The highest BCUT2D eigenvalue weighted by atomic mass is 16.7. The van der Waals surface area contributed by atoms with Gasteiger partial charge >= 0.3 is 0 Å². The molecule has 0 saturated carbocycles. The standard InChI is InChI=1S/C39H65N3O9/c1-25-20-30(41(6)7)22-34(48-25)51-32-23-31(50-35-24-39(5,47-9)36(44)27(3)49-35)26(2)37(45)40-29(17-16-28-14-11-10-12-15-28)21-33(43)42(8)19-13-18-38(32,4)46/h10-12,14-15,25-27,29-32,34-36,44,46H,13,16-24H2,1-9H3,(H,40,45)/t25-,26?,27+,29+,30?,31?,32-,34+,35+,36+,38-,39?/m1/s1. The third-order valence-electron chi connectivity index (χ3n) is 11.4. The molecule has 2 amide bonds. The van der Waals surface area contributed by atoms with Gasteiger partial charge in [-0.3, -0.25) is 9.59 Å². The fourth-order valence-corrected chi connectivity index (χ4v) is 7.64. The van der Waals surface area contributed by atoms with Gasteiger partial charge in [-0.2, -0.15) is 0 Å². The van der Waals surface area contributed by atoms with Crippen molar-refractivity contribution in [1.82, 2.24) is 15.1 Å². The average Bonchev–Trinajstić information content (AvgIpc) is 3.08. The fourth-order valence-electron chi connectivity index (χ4n) is 7.64. The molecular formula is C39H65N3O9. The molecule has 290 valence electrons. The second-order valence-corrected chi connectivity index (χ2v) is 15.9. The molecule has 4 unspecified atom stereocenters. The van der Waals surface area contributed by atoms with Gasteiger partial charge in [-0.05, 0) is 79.5 Å². The van der Waals surface area contributed by atoms with Gasteiger partial charge in [0.05, 0.1) is 41.5 Å². The maximum absolute atomic E-state index is 14.2. The smallest absolute Gasteiger partial charge is 0.225 e. The number of rotatable bonds is 9. The molecule has 0 aromatic heterocycles. The molecule has 1 aromatic rings. The van der Waals surface area contributed by atoms with Gasteiger partial charge in [0, 0.05) is 58.5 Å². The lowest BCUT2D eigenvalue weighted by molar-refractivity contribution is -0.298. The number of nitrogens with zero attached hydrogens (tertiary/aromatic N) is 2. The van der Waals surface area contributed by atoms with Crippen LogP contribution >= 0.6 is 0 Å². The Morgan fingerprint density at radius 2 is 1.73 bits per heavy atom. The highest BCUT2D eigenvalue weighted by Gasteiger charge is 2.48. The van der Waals surface area contributed by atoms with E-state index in [0.29, 0.717) is 38.6 Å². The molecule has 3 N–H and O–H groups in total. The summed E-state index contributed by atoms with van der Waals surface area (Å²) in [6.07, 6.45) is -0.185. The number of nitrogens with one attached hydrogen (secondary N) is 1. The van der Waals surface area contributed by atoms with E-state index in [9.17, 15) is 19.8 Å². The number of carbonyl (C=O) groups is 2. The van der Waals surface area contributed by atoms with Gasteiger partial charge < -0.3 is 49.0 Å². The van der Waals surface area contributed by atoms with E-state index in [4.69, 9.17) is 23.7 Å². The Kier molecular flexibility index (Phi) is 14.9. The molecule has 0 aliphatic carbocycles. The molecule has 3 heterocycles. The molecule has 0 radical (unpaired) electrons. The Bertz CT molecular complexity index is 1250. The molecule has 0 spiro atoms. The number of hydrogen-bond donors (Lipinski definition) is 3. The quantitative estimate of drug-likeness (QED) is 0.347. The SMILES string of the molecule is COC1(C)C[C@H](OC2C[C@@H](O[C@H]3CC(N(C)C)C[C@@H](C)O3)[C@](C)(O)CCCN(C)C(=O)C[C@H](CCc3ccccc3)NC(=O)C2C)O[C@@H](C)[C@@H]1O. The Labute approximate surface area is 305 Å². The molecule has 12 atom stereocenters. The number of ether oxygens (including phenoxy) is 5. The van der Waals surface area contributed by atoms with Crippen LogP contribution in [0.15, 0.2) is 30.3 Å². The summed E-state index contributed by atoms with van der Waals surface area (Å²) in [6.45, 7) is 9.62. The molecule has 3 fully saturated rings. The van der Waals surface area contributed by atoms with Crippen molar-refractivity contribution in [2.75, 3.05) is 34.8 Å². The Balaban J connectivity index is 1.66. The Hall–Kier alpha value is -2.16. The van der Waals surface area contributed by atoms with Gasteiger partial charge in [-0.1, -0.05) is 37.3 Å². The summed E-state index contributed by atoms with van der Waals surface area (Å²) in [5.74, 6) is -1.06. The summed E-state index contributed by atoms with van der Waals surface area (Å²) in [7, 11) is 7.41. The number of benzene rings is 1. The summed E-state index contributed by atoms with van der Waals surface area (Å²) in [4.78, 5) is 31.5. The highest BCUT2D eigenvalue weighted by Crippen LogP contribution is 2.36. The highest BCUT2D eigenvalue weighted by molar-refractivity contribution is 5.81. The first-order chi connectivity index (χ1) is 24.0. The molecule has 51 heavy (non-hydrogen) atoms. The van der Waals surface area contributed by atoms with Crippen LogP contribution in [0.5, 0.6) is 0 Å². The number of amides is 2. The van der Waals surface area contributed by atoms with Crippen LogP contribution in [0.2, 0.25) is 0 Å². The minimum Gasteiger partial charge on any atom is -0.387 e. The van der Waals surface area contributed by atoms with Crippen molar-refractivity contribution in [1.29, 1.82) is 0 Å². The second-order valence-electron chi connectivity index (χ2n) is 15.9. The van der Waals surface area contributed by atoms with Crippen LogP contribution in [0.1, 0.15) is 91.5 Å². The van der Waals surface area contributed by atoms with Crippen LogP contribution < -0.4 is 5.32 Å². The molecule has 3 aliphatic rings. The molecular weight excluding hydrogens is 654 g/mol. The molecule has 12 heteroatoms. The zero-order valence-electron chi connectivity index (χ0n) is 32.4. The van der Waals surface area contributed by atoms with Crippen molar-refractivity contribution in [2.45, 2.75) is 159 Å². The fraction of sp³-hybridized carbons (Fsp3) is 0.795. The summed E-state index contributed by atoms with van der Waals surface area (Å²) in [6, 6.07) is 9.87. The second kappa shape index (κ2) is 18.2. The Morgan fingerprint density at radius 1 is 1.02 bits per heavy atom. The van der Waals surface area contributed by atoms with Crippen LogP contribution in [-0.4, -0.2) is 133 Å². The van der Waals surface area contributed by atoms with Crippen molar-refractivity contribution in [3.63, 3.8) is 0 Å². The van der Waals surface area contributed by atoms with Crippen molar-refractivity contribution >= 4 is 11.8 Å². The first-order valence-corrected chi connectivity index (χ1v) is 18.8. The monoisotopic (exact) mass is 719 g/mol. The maximum Gasteiger partial charge on any atom is 0.225 e. The molecule has 12 nitrogen and oxygen atoms in total. The van der Waals surface area contributed by atoms with E-state index >= 15 is 0 Å². The zero-order chi connectivity index (χ0) is 37.5. The number of hydrogen-bond acceptors (Lipinski definition) is 10. The first kappa shape index (κ1) is 41.6. The summed E-state index contributed by atoms with van der Waals surface area (Å²) >= 11 is 0. The van der Waals surface area contributed by atoms with Gasteiger partial charge in [0.2, 0.25) is 11.8 Å². The topological polar surface area (TPSA) is 139 Å². The van der Waals surface area contributed by atoms with Crippen molar-refractivity contribution in [3.8, 4) is 0 Å². The van der Waals surface area contributed by atoms with Gasteiger partial charge in [0.15, 0.2) is 12.6 Å². The van der Waals surface area contributed by atoms with Crippen LogP contribution in [0.3, 0.4) is 0 Å². The lowest BCUT2D eigenvalue weighted by Gasteiger charge is -2.46. The van der Waals surface area contributed by atoms with Crippen molar-refractivity contribution in [2.24, 2.45) is 5.92 Å². The van der Waals surface area contributed by atoms with E-state index in [1.807, 2.05) is 58.3 Å². The van der Waals surface area contributed by atoms with E-state index in [0.717, 1.165) is 12.0 Å². The van der Waals surface area contributed by atoms with Crippen molar-refractivity contribution < 1.29 is 43.5 Å². The number of methoxy groups -OCH3 is 1. The lowest BCUT2D eigenvalue weighted by Crippen LogP contribution is -2.57. The van der Waals surface area contributed by atoms with E-state index in [-0.39, 0.29) is 43.2 Å². The van der Waals surface area contributed by atoms with Gasteiger partial charge in [0.1, 0.15) is 6.10 Å². The molecule has 3 aliphatic heterocycles. The Morgan fingerprint density at radius 3 is 2.39 bits per heavy atom. The molecule has 3 saturated heterocycles. The lowest BCUT2D eigenvalue weighted by atomic mass is 9.85. The first-order valence-electron chi connectivity index (χ1n) is 18.8. The van der Waals surface area contributed by atoms with Gasteiger partial charge in [0.25, 0.3) is 0 Å². The van der Waals surface area contributed by atoms with E-state index in [1.54, 1.807) is 39.8 Å². The summed E-state index contributed by atoms with van der Waals surface area (Å²) < 4.78 is 31.6. The normalized spacial score (nSPS) is 39.4. The number of aryl methyl sites for hydroxylation is 1. The van der Waals surface area contributed by atoms with Crippen LogP contribution in [0, 0.1) is 5.92 Å². The predicted octanol–water partition coefficient (Wildman–Crippen LogP) is 3.65. The van der Waals surface area contributed by atoms with Crippen molar-refractivity contribution in [3.05, 3.63) is 35.9 Å². The van der Waals surface area contributed by atoms with Gasteiger partial charge in [-0.25, -0.2) is 0 Å². The van der Waals surface area contributed by atoms with Gasteiger partial charge in [-0.15, -0.1) is 0 Å². The minimum atomic E-state index is -1.35. The predicted molar refractivity (Wildman–Crippen MR) is 194 cm³/mol. The van der Waals surface area contributed by atoms with E-state index < -0.39 is 60.2 Å². The third kappa shape index (κ3) is 11.4. The average molecular weight is 720 g/mol. The summed E-state index contributed by atoms with van der Waals surface area (Å²) in [5, 5.41) is 26.2. The molecule has 0 bridgehead atoms. The van der Waals surface area contributed by atoms with E-state index in [2.05, 4.69) is 10.2 Å². The number of aliphatic hydroxyl groups excluding tert-OH is 1. The number of carbonyl (C=O) groups excluding carboxylic acids is 2. The summed E-state index contributed by atoms with van der Waals surface area (Å²) in [5.41, 5.74) is -1.15. The maximum atomic E-state index is 14.2. The van der Waals surface area contributed by atoms with Crippen LogP contribution in [0.4, 0.5) is 0 Å². The van der Waals surface area contributed by atoms with E-state index in [1.165, 1.54) is 0 Å². The zero-order valence-corrected chi connectivity index (χ0v) is 32.4. The minimum absolute atomic E-state index is 0.0425. The largest absolute Gasteiger partial charge is 0.387 e. The van der Waals surface area contributed by atoms with Crippen LogP contribution in [0.25, 0.3) is 0 Å². The molecule has 1 aromatic carbocycles. The third-order valence-corrected chi connectivity index (χ3v) is 11.4. The molecule has 4 rings (SSSR count).